The van der Waals surface area contributed by atoms with Crippen LogP contribution in [0.1, 0.15) is 25.0 Å². The van der Waals surface area contributed by atoms with E-state index in [2.05, 4.69) is 15.3 Å². The molecule has 1 aromatic rings. The topological polar surface area (TPSA) is 47.0 Å². The smallest absolute Gasteiger partial charge is 0.318 e. The van der Waals surface area contributed by atoms with Gasteiger partial charge in [-0.1, -0.05) is 11.6 Å². The summed E-state index contributed by atoms with van der Waals surface area (Å²) in [5.74, 6) is 0.712. The summed E-state index contributed by atoms with van der Waals surface area (Å²) in [5.41, 5.74) is 0.833. The third-order valence-electron chi connectivity index (χ3n) is 2.96. The van der Waals surface area contributed by atoms with Crippen molar-refractivity contribution < 1.29 is 4.74 Å². The third kappa shape index (κ3) is 4.13. The van der Waals surface area contributed by atoms with Gasteiger partial charge in [-0.15, -0.1) is 0 Å². The van der Waals surface area contributed by atoms with Gasteiger partial charge in [0.2, 0.25) is 0 Å². The quantitative estimate of drug-likeness (QED) is 0.838. The highest BCUT2D eigenvalue weighted by atomic mass is 35.5. The Balaban J connectivity index is 1.77. The van der Waals surface area contributed by atoms with Crippen molar-refractivity contribution in [3.63, 3.8) is 0 Å². The van der Waals surface area contributed by atoms with Gasteiger partial charge in [-0.2, -0.15) is 4.98 Å². The molecule has 17 heavy (non-hydrogen) atoms. The molecule has 2 rings (SSSR count). The van der Waals surface area contributed by atoms with Crippen molar-refractivity contribution in [1.29, 1.82) is 0 Å². The predicted molar refractivity (Wildman–Crippen MR) is 67.5 cm³/mol. The van der Waals surface area contributed by atoms with Crippen LogP contribution in [0.4, 0.5) is 0 Å². The van der Waals surface area contributed by atoms with Gasteiger partial charge in [0, 0.05) is 5.69 Å². The van der Waals surface area contributed by atoms with E-state index in [-0.39, 0.29) is 0 Å². The van der Waals surface area contributed by atoms with Gasteiger partial charge in [-0.3, -0.25) is 0 Å². The molecule has 2 heterocycles. The van der Waals surface area contributed by atoms with Crippen LogP contribution in [0.5, 0.6) is 6.01 Å². The highest BCUT2D eigenvalue weighted by molar-refractivity contribution is 6.29. The van der Waals surface area contributed by atoms with E-state index in [4.69, 9.17) is 16.3 Å². The molecule has 0 aliphatic carbocycles. The van der Waals surface area contributed by atoms with Gasteiger partial charge in [0.1, 0.15) is 5.15 Å². The number of ether oxygens (including phenoxy) is 1. The second-order valence-corrected chi connectivity index (χ2v) is 4.85. The van der Waals surface area contributed by atoms with Gasteiger partial charge in [-0.25, -0.2) is 4.98 Å². The first-order chi connectivity index (χ1) is 8.24. The molecule has 0 radical (unpaired) electrons. The van der Waals surface area contributed by atoms with Crippen molar-refractivity contribution in [2.75, 3.05) is 19.7 Å². The molecule has 0 unspecified atom stereocenters. The van der Waals surface area contributed by atoms with Gasteiger partial charge >= 0.3 is 6.01 Å². The van der Waals surface area contributed by atoms with Crippen molar-refractivity contribution in [2.24, 2.45) is 5.92 Å². The molecule has 1 saturated heterocycles. The van der Waals surface area contributed by atoms with E-state index in [9.17, 15) is 0 Å². The molecule has 0 spiro atoms. The summed E-state index contributed by atoms with van der Waals surface area (Å²) in [6, 6.07) is 2.11. The molecule has 1 aliphatic heterocycles. The van der Waals surface area contributed by atoms with Gasteiger partial charge in [0.15, 0.2) is 0 Å². The fourth-order valence-electron chi connectivity index (χ4n) is 2.06. The van der Waals surface area contributed by atoms with Crippen LogP contribution < -0.4 is 10.1 Å². The Morgan fingerprint density at radius 1 is 1.53 bits per heavy atom. The van der Waals surface area contributed by atoms with E-state index >= 15 is 0 Å². The van der Waals surface area contributed by atoms with Crippen LogP contribution >= 0.6 is 11.6 Å². The molecular formula is C12H18ClN3O. The molecule has 0 amide bonds. The zero-order chi connectivity index (χ0) is 12.1. The van der Waals surface area contributed by atoms with Crippen LogP contribution in [0.3, 0.4) is 0 Å². The van der Waals surface area contributed by atoms with E-state index in [1.165, 1.54) is 12.8 Å². The fraction of sp³-hybridized carbons (Fsp3) is 0.667. The Bertz CT molecular complexity index is 347. The zero-order valence-corrected chi connectivity index (χ0v) is 10.8. The lowest BCUT2D eigenvalue weighted by molar-refractivity contribution is 0.239. The number of aryl methyl sites for hydroxylation is 1. The Labute approximate surface area is 107 Å². The van der Waals surface area contributed by atoms with E-state index in [1.54, 1.807) is 6.07 Å². The summed E-state index contributed by atoms with van der Waals surface area (Å²) in [4.78, 5) is 8.22. The van der Waals surface area contributed by atoms with E-state index in [0.717, 1.165) is 25.2 Å². The van der Waals surface area contributed by atoms with Crippen molar-refractivity contribution in [3.05, 3.63) is 16.9 Å². The minimum atomic E-state index is 0.388. The highest BCUT2D eigenvalue weighted by Crippen LogP contribution is 2.15. The summed E-state index contributed by atoms with van der Waals surface area (Å²) in [7, 11) is 0. The van der Waals surface area contributed by atoms with Crippen LogP contribution in [0.15, 0.2) is 6.07 Å². The zero-order valence-electron chi connectivity index (χ0n) is 10.1. The molecule has 4 nitrogen and oxygen atoms in total. The van der Waals surface area contributed by atoms with Gasteiger partial charge in [0.05, 0.1) is 6.61 Å². The number of rotatable bonds is 4. The van der Waals surface area contributed by atoms with Crippen molar-refractivity contribution in [3.8, 4) is 6.01 Å². The van der Waals surface area contributed by atoms with Crippen molar-refractivity contribution in [2.45, 2.75) is 26.2 Å². The van der Waals surface area contributed by atoms with Crippen LogP contribution in [0.2, 0.25) is 5.15 Å². The summed E-state index contributed by atoms with van der Waals surface area (Å²) >= 11 is 5.84. The number of nitrogens with one attached hydrogen (secondary N) is 1. The maximum atomic E-state index is 5.84. The first kappa shape index (κ1) is 12.6. The number of nitrogens with zero attached hydrogens (tertiary/aromatic N) is 2. The average Bonchev–Trinajstić information content (AvgIpc) is 2.29. The Hall–Kier alpha value is -0.870. The summed E-state index contributed by atoms with van der Waals surface area (Å²) < 4.78 is 5.54. The molecule has 1 atom stereocenters. The van der Waals surface area contributed by atoms with Crippen LogP contribution in [0, 0.1) is 12.8 Å². The number of piperidine rings is 1. The van der Waals surface area contributed by atoms with E-state index in [1.807, 2.05) is 6.92 Å². The molecule has 0 aromatic carbocycles. The Morgan fingerprint density at radius 3 is 3.12 bits per heavy atom. The second kappa shape index (κ2) is 6.17. The summed E-state index contributed by atoms with van der Waals surface area (Å²) in [6.07, 6.45) is 3.59. The molecule has 94 valence electrons. The first-order valence-electron chi connectivity index (χ1n) is 6.09. The SMILES string of the molecule is Cc1cc(Cl)nc(OCC[C@H]2CCCNC2)n1. The number of hydrogen-bond donors (Lipinski definition) is 1. The van der Waals surface area contributed by atoms with Crippen LogP contribution in [-0.2, 0) is 0 Å². The van der Waals surface area contributed by atoms with Crippen molar-refractivity contribution in [1.82, 2.24) is 15.3 Å². The van der Waals surface area contributed by atoms with Gasteiger partial charge in [-0.05, 0) is 51.3 Å². The Kier molecular flexibility index (Phi) is 4.57. The normalized spacial score (nSPS) is 20.2. The first-order valence-corrected chi connectivity index (χ1v) is 6.46. The van der Waals surface area contributed by atoms with E-state index < -0.39 is 0 Å². The fourth-order valence-corrected chi connectivity index (χ4v) is 2.29. The monoisotopic (exact) mass is 255 g/mol. The maximum absolute atomic E-state index is 5.84. The lowest BCUT2D eigenvalue weighted by atomic mass is 9.97. The Morgan fingerprint density at radius 2 is 2.41 bits per heavy atom. The van der Waals surface area contributed by atoms with Crippen LogP contribution in [0.25, 0.3) is 0 Å². The molecular weight excluding hydrogens is 238 g/mol. The molecule has 5 heteroatoms. The molecule has 1 N–H and O–H groups in total. The van der Waals surface area contributed by atoms with E-state index in [0.29, 0.717) is 23.7 Å². The molecule has 1 aromatic heterocycles. The minimum absolute atomic E-state index is 0.388. The molecule has 0 bridgehead atoms. The number of aromatic nitrogens is 2. The standard InChI is InChI=1S/C12H18ClN3O/c1-9-7-11(13)16-12(15-9)17-6-4-10-3-2-5-14-8-10/h7,10,14H,2-6,8H2,1H3/t10-/m1/s1. The lowest BCUT2D eigenvalue weighted by Crippen LogP contribution is -2.30. The maximum Gasteiger partial charge on any atom is 0.318 e. The predicted octanol–water partition coefficient (Wildman–Crippen LogP) is 2.21. The number of halogens is 1. The molecule has 1 fully saturated rings. The average molecular weight is 256 g/mol. The second-order valence-electron chi connectivity index (χ2n) is 4.46. The van der Waals surface area contributed by atoms with Crippen LogP contribution in [-0.4, -0.2) is 29.7 Å². The summed E-state index contributed by atoms with van der Waals surface area (Å²) in [6.45, 7) is 4.78. The van der Waals surface area contributed by atoms with Gasteiger partial charge in [0.25, 0.3) is 0 Å². The number of hydrogen-bond acceptors (Lipinski definition) is 4. The molecule has 0 saturated carbocycles. The third-order valence-corrected chi connectivity index (χ3v) is 3.15. The van der Waals surface area contributed by atoms with Crippen molar-refractivity contribution >= 4 is 11.6 Å². The van der Waals surface area contributed by atoms with Gasteiger partial charge < -0.3 is 10.1 Å². The molecule has 1 aliphatic rings. The highest BCUT2D eigenvalue weighted by Gasteiger charge is 2.13. The lowest BCUT2D eigenvalue weighted by Gasteiger charge is -2.22. The largest absolute Gasteiger partial charge is 0.463 e. The minimum Gasteiger partial charge on any atom is -0.463 e. The summed E-state index contributed by atoms with van der Waals surface area (Å²) in [5, 5.41) is 3.83.